The number of aromatic nitrogens is 1. The summed E-state index contributed by atoms with van der Waals surface area (Å²) < 4.78 is 11.0. The number of oxazole rings is 1. The van der Waals surface area contributed by atoms with E-state index in [1.807, 2.05) is 13.8 Å². The second-order valence-electron chi connectivity index (χ2n) is 4.26. The van der Waals surface area contributed by atoms with E-state index in [9.17, 15) is 0 Å². The van der Waals surface area contributed by atoms with Crippen molar-refractivity contribution >= 4 is 24.3 Å². The predicted octanol–water partition coefficient (Wildman–Crippen LogP) is 1.14. The first kappa shape index (κ1) is 15.0. The van der Waals surface area contributed by atoms with E-state index in [1.165, 1.54) is 11.8 Å². The molecule has 2 rings (SSSR count). The average molecular weight is 293 g/mol. The van der Waals surface area contributed by atoms with Gasteiger partial charge in [0.05, 0.1) is 12.3 Å². The largest absolute Gasteiger partial charge is 0.493 e. The molecule has 0 amide bonds. The minimum atomic E-state index is -1.45. The molecular weight excluding hydrogens is 277 g/mol. The molecule has 1 aromatic heterocycles. The predicted molar refractivity (Wildman–Crippen MR) is 78.5 cm³/mol. The topological polar surface area (TPSA) is 75.7 Å². The van der Waals surface area contributed by atoms with Gasteiger partial charge in [0.1, 0.15) is 11.5 Å². The smallest absolute Gasteiger partial charge is 0.488 e. The number of benzene rings is 1. The highest BCUT2D eigenvalue weighted by Gasteiger charge is 2.10. The number of thioether (sulfide) groups is 1. The van der Waals surface area contributed by atoms with Crippen LogP contribution in [0, 0.1) is 13.8 Å². The van der Waals surface area contributed by atoms with Crippen molar-refractivity contribution in [3.63, 3.8) is 0 Å². The average Bonchev–Trinajstić information content (AvgIpc) is 2.74. The van der Waals surface area contributed by atoms with Crippen LogP contribution in [0.3, 0.4) is 0 Å². The van der Waals surface area contributed by atoms with Crippen molar-refractivity contribution in [3.05, 3.63) is 35.7 Å². The second-order valence-corrected chi connectivity index (χ2v) is 5.31. The van der Waals surface area contributed by atoms with E-state index in [2.05, 4.69) is 4.98 Å². The van der Waals surface area contributed by atoms with E-state index in [4.69, 9.17) is 19.2 Å². The molecule has 0 aliphatic carbocycles. The summed E-state index contributed by atoms with van der Waals surface area (Å²) in [4.78, 5) is 4.27. The van der Waals surface area contributed by atoms with Gasteiger partial charge in [-0.15, -0.1) is 0 Å². The van der Waals surface area contributed by atoms with Crippen LogP contribution < -0.4 is 10.2 Å². The lowest BCUT2D eigenvalue weighted by molar-refractivity contribution is 0.343. The van der Waals surface area contributed by atoms with E-state index >= 15 is 0 Å². The lowest BCUT2D eigenvalue weighted by Crippen LogP contribution is -2.29. The fourth-order valence-corrected chi connectivity index (χ4v) is 2.26. The first-order valence-corrected chi connectivity index (χ1v) is 7.20. The molecule has 20 heavy (non-hydrogen) atoms. The molecule has 106 valence electrons. The summed E-state index contributed by atoms with van der Waals surface area (Å²) in [6.07, 6.45) is 0. The van der Waals surface area contributed by atoms with Gasteiger partial charge >= 0.3 is 7.12 Å². The Kier molecular flexibility index (Phi) is 5.11. The van der Waals surface area contributed by atoms with Crippen molar-refractivity contribution in [3.8, 4) is 5.75 Å². The van der Waals surface area contributed by atoms with Crippen LogP contribution in [0.5, 0.6) is 5.75 Å². The van der Waals surface area contributed by atoms with Gasteiger partial charge < -0.3 is 19.2 Å². The number of ether oxygens (including phenoxy) is 1. The number of rotatable bonds is 6. The molecule has 0 bridgehead atoms. The highest BCUT2D eigenvalue weighted by Crippen LogP contribution is 2.20. The van der Waals surface area contributed by atoms with Gasteiger partial charge in [-0.05, 0) is 31.4 Å². The van der Waals surface area contributed by atoms with Crippen molar-refractivity contribution in [1.82, 2.24) is 4.98 Å². The molecular formula is C13H16BNO4S. The van der Waals surface area contributed by atoms with E-state index in [0.29, 0.717) is 23.0 Å². The molecule has 1 heterocycles. The molecule has 0 radical (unpaired) electrons. The van der Waals surface area contributed by atoms with Crippen molar-refractivity contribution in [2.45, 2.75) is 19.1 Å². The Bertz CT molecular complexity index is 536. The molecule has 0 unspecified atom stereocenters. The highest BCUT2D eigenvalue weighted by molar-refractivity contribution is 7.99. The molecule has 0 saturated carbocycles. The zero-order valence-corrected chi connectivity index (χ0v) is 12.2. The Morgan fingerprint density at radius 2 is 1.95 bits per heavy atom. The summed E-state index contributed by atoms with van der Waals surface area (Å²) in [5.74, 6) is 2.25. The van der Waals surface area contributed by atoms with Crippen LogP contribution in [0.4, 0.5) is 0 Å². The van der Waals surface area contributed by atoms with Gasteiger partial charge in [-0.1, -0.05) is 23.9 Å². The number of aryl methyl sites for hydroxylation is 2. The van der Waals surface area contributed by atoms with Crippen LogP contribution in [0.15, 0.2) is 33.9 Å². The maximum atomic E-state index is 8.97. The molecule has 5 nitrogen and oxygen atoms in total. The van der Waals surface area contributed by atoms with Gasteiger partial charge in [0.15, 0.2) is 0 Å². The van der Waals surface area contributed by atoms with Crippen molar-refractivity contribution in [2.75, 3.05) is 12.4 Å². The first-order chi connectivity index (χ1) is 9.56. The fourth-order valence-electron chi connectivity index (χ4n) is 1.53. The maximum Gasteiger partial charge on any atom is 0.488 e. The van der Waals surface area contributed by atoms with E-state index in [1.54, 1.807) is 24.3 Å². The molecule has 0 spiro atoms. The van der Waals surface area contributed by atoms with Crippen LogP contribution in [-0.4, -0.2) is 34.5 Å². The molecule has 2 aromatic rings. The quantitative estimate of drug-likeness (QED) is 0.472. The maximum absolute atomic E-state index is 8.97. The Balaban J connectivity index is 1.75. The van der Waals surface area contributed by atoms with Gasteiger partial charge in [0.25, 0.3) is 5.22 Å². The Morgan fingerprint density at radius 1 is 1.25 bits per heavy atom. The molecule has 0 aliphatic heterocycles. The fraction of sp³-hybridized carbons (Fsp3) is 0.308. The zero-order valence-electron chi connectivity index (χ0n) is 11.4. The molecule has 7 heteroatoms. The number of hydrogen-bond acceptors (Lipinski definition) is 6. The second kappa shape index (κ2) is 6.83. The summed E-state index contributed by atoms with van der Waals surface area (Å²) >= 11 is 1.50. The van der Waals surface area contributed by atoms with Gasteiger partial charge in [-0.3, -0.25) is 0 Å². The Morgan fingerprint density at radius 3 is 2.50 bits per heavy atom. The molecule has 0 atom stereocenters. The van der Waals surface area contributed by atoms with Crippen molar-refractivity contribution in [1.29, 1.82) is 0 Å². The SMILES string of the molecule is Cc1nc(SCCOc2ccc(B(O)O)cc2)oc1C. The summed E-state index contributed by atoms with van der Waals surface area (Å²) in [5, 5.41) is 18.6. The standard InChI is InChI=1S/C13H16BNO4S/c1-9-10(2)19-13(15-9)20-8-7-18-12-5-3-11(4-6-12)14(16)17/h3-6,16-17H,7-8H2,1-2H3. The van der Waals surface area contributed by atoms with Gasteiger partial charge in [-0.2, -0.15) is 0 Å². The van der Waals surface area contributed by atoms with Crippen LogP contribution in [0.2, 0.25) is 0 Å². The Hall–Kier alpha value is -1.44. The summed E-state index contributed by atoms with van der Waals surface area (Å²) in [6, 6.07) is 6.65. The molecule has 1 aromatic carbocycles. The third-order valence-electron chi connectivity index (χ3n) is 2.76. The van der Waals surface area contributed by atoms with Gasteiger partial charge in [0.2, 0.25) is 0 Å². The Labute approximate surface area is 122 Å². The number of hydrogen-bond donors (Lipinski definition) is 2. The minimum Gasteiger partial charge on any atom is -0.493 e. The van der Waals surface area contributed by atoms with E-state index in [0.717, 1.165) is 17.2 Å². The monoisotopic (exact) mass is 293 g/mol. The normalized spacial score (nSPS) is 10.6. The van der Waals surface area contributed by atoms with Crippen LogP contribution in [-0.2, 0) is 0 Å². The third kappa shape index (κ3) is 4.03. The molecule has 2 N–H and O–H groups in total. The number of nitrogens with zero attached hydrogens (tertiary/aromatic N) is 1. The van der Waals surface area contributed by atoms with Crippen LogP contribution in [0.1, 0.15) is 11.5 Å². The van der Waals surface area contributed by atoms with Gasteiger partial charge in [-0.25, -0.2) is 4.98 Å². The molecule has 0 fully saturated rings. The lowest BCUT2D eigenvalue weighted by atomic mass is 9.80. The third-order valence-corrected chi connectivity index (χ3v) is 3.56. The van der Waals surface area contributed by atoms with Crippen molar-refractivity contribution in [2.24, 2.45) is 0 Å². The zero-order chi connectivity index (χ0) is 14.5. The van der Waals surface area contributed by atoms with Crippen LogP contribution >= 0.6 is 11.8 Å². The first-order valence-electron chi connectivity index (χ1n) is 6.22. The summed E-state index contributed by atoms with van der Waals surface area (Å²) in [7, 11) is -1.45. The minimum absolute atomic E-state index is 0.442. The van der Waals surface area contributed by atoms with Crippen LogP contribution in [0.25, 0.3) is 0 Å². The van der Waals surface area contributed by atoms with Gasteiger partial charge in [0, 0.05) is 5.75 Å². The lowest BCUT2D eigenvalue weighted by Gasteiger charge is -2.06. The van der Waals surface area contributed by atoms with Crippen molar-refractivity contribution < 1.29 is 19.2 Å². The highest BCUT2D eigenvalue weighted by atomic mass is 32.2. The molecule has 0 aliphatic rings. The van der Waals surface area contributed by atoms with E-state index < -0.39 is 7.12 Å². The summed E-state index contributed by atoms with van der Waals surface area (Å²) in [6.45, 7) is 4.32. The van der Waals surface area contributed by atoms with E-state index in [-0.39, 0.29) is 0 Å². The molecule has 0 saturated heterocycles. The summed E-state index contributed by atoms with van der Waals surface area (Å²) in [5.41, 5.74) is 1.35.